The Labute approximate surface area is 125 Å². The first-order chi connectivity index (χ1) is 9.56. The van der Waals surface area contributed by atoms with E-state index in [-0.39, 0.29) is 5.63 Å². The molecule has 4 heteroatoms. The van der Waals surface area contributed by atoms with Crippen LogP contribution in [0.5, 0.6) is 0 Å². The summed E-state index contributed by atoms with van der Waals surface area (Å²) in [6.07, 6.45) is 0. The molecule has 0 fully saturated rings. The first-order valence-electron chi connectivity index (χ1n) is 6.05. The summed E-state index contributed by atoms with van der Waals surface area (Å²) in [4.78, 5) is 12.2. The minimum atomic E-state index is -0.375. The van der Waals surface area contributed by atoms with Crippen LogP contribution >= 0.6 is 23.2 Å². The van der Waals surface area contributed by atoms with E-state index in [0.29, 0.717) is 21.2 Å². The van der Waals surface area contributed by atoms with E-state index in [1.54, 1.807) is 36.4 Å². The molecule has 0 radical (unpaired) electrons. The van der Waals surface area contributed by atoms with Crippen LogP contribution in [-0.2, 0) is 0 Å². The molecule has 1 aromatic heterocycles. The molecule has 0 atom stereocenters. The zero-order chi connectivity index (χ0) is 14.3. The molecule has 0 saturated heterocycles. The average Bonchev–Trinajstić information content (AvgIpc) is 2.40. The third kappa shape index (κ3) is 2.21. The second-order valence-electron chi connectivity index (χ2n) is 4.54. The van der Waals surface area contributed by atoms with Gasteiger partial charge in [-0.1, -0.05) is 35.3 Å². The summed E-state index contributed by atoms with van der Waals surface area (Å²) in [5.41, 5.74) is 2.25. The zero-order valence-corrected chi connectivity index (χ0v) is 12.1. The van der Waals surface area contributed by atoms with E-state index < -0.39 is 0 Å². The van der Waals surface area contributed by atoms with Gasteiger partial charge >= 0.3 is 5.63 Å². The van der Waals surface area contributed by atoms with Crippen LogP contribution in [-0.4, -0.2) is 0 Å². The van der Waals surface area contributed by atoms with E-state index in [2.05, 4.69) is 0 Å². The summed E-state index contributed by atoms with van der Waals surface area (Å²) in [5.74, 6) is 0. The van der Waals surface area contributed by atoms with Gasteiger partial charge < -0.3 is 4.42 Å². The molecule has 3 aromatic rings. The van der Waals surface area contributed by atoms with Gasteiger partial charge in [-0.2, -0.15) is 0 Å². The average molecular weight is 305 g/mol. The maximum atomic E-state index is 12.2. The Hall–Kier alpha value is -1.77. The summed E-state index contributed by atoms with van der Waals surface area (Å²) < 4.78 is 5.37. The Morgan fingerprint density at radius 1 is 1.00 bits per heavy atom. The fraction of sp³-hybridized carbons (Fsp3) is 0.0625. The van der Waals surface area contributed by atoms with Crippen LogP contribution in [0.25, 0.3) is 22.1 Å². The second kappa shape index (κ2) is 4.97. The number of fused-ring (bicyclic) bond motifs is 1. The summed E-state index contributed by atoms with van der Waals surface area (Å²) in [7, 11) is 0. The topological polar surface area (TPSA) is 30.2 Å². The van der Waals surface area contributed by atoms with Crippen molar-refractivity contribution in [3.05, 3.63) is 68.5 Å². The Balaban J connectivity index is 2.39. The predicted octanol–water partition coefficient (Wildman–Crippen LogP) is 5.08. The lowest BCUT2D eigenvalue weighted by molar-refractivity contribution is 0.562. The minimum Gasteiger partial charge on any atom is -0.422 e. The van der Waals surface area contributed by atoms with Crippen LogP contribution < -0.4 is 5.63 Å². The van der Waals surface area contributed by atoms with Gasteiger partial charge in [0, 0.05) is 15.4 Å². The molecule has 0 aliphatic rings. The van der Waals surface area contributed by atoms with Gasteiger partial charge in [0.1, 0.15) is 5.58 Å². The maximum absolute atomic E-state index is 12.2. The monoisotopic (exact) mass is 304 g/mol. The summed E-state index contributed by atoms with van der Waals surface area (Å²) >= 11 is 12.0. The smallest absolute Gasteiger partial charge is 0.344 e. The molecule has 100 valence electrons. The van der Waals surface area contributed by atoms with Crippen molar-refractivity contribution in [3.8, 4) is 11.1 Å². The fourth-order valence-corrected chi connectivity index (χ4v) is 2.66. The standard InChI is InChI=1S/C16H10Cl2O2/c1-9-13-8-12(18)5-6-14(13)20-16(19)15(9)10-3-2-4-11(17)7-10/h2-8H,1H3. The molecule has 0 aliphatic heterocycles. The van der Waals surface area contributed by atoms with Gasteiger partial charge in [-0.05, 0) is 48.4 Å². The van der Waals surface area contributed by atoms with Gasteiger partial charge in [0.25, 0.3) is 0 Å². The number of hydrogen-bond acceptors (Lipinski definition) is 2. The van der Waals surface area contributed by atoms with Crippen LogP contribution in [0.15, 0.2) is 51.7 Å². The van der Waals surface area contributed by atoms with Crippen molar-refractivity contribution < 1.29 is 4.42 Å². The highest BCUT2D eigenvalue weighted by Gasteiger charge is 2.13. The number of rotatable bonds is 1. The molecule has 2 aromatic carbocycles. The Kier molecular flexibility index (Phi) is 3.28. The highest BCUT2D eigenvalue weighted by Crippen LogP contribution is 2.29. The van der Waals surface area contributed by atoms with Crippen LogP contribution in [0.2, 0.25) is 10.0 Å². The minimum absolute atomic E-state index is 0.375. The third-order valence-electron chi connectivity index (χ3n) is 3.24. The van der Waals surface area contributed by atoms with Crippen LogP contribution in [0, 0.1) is 6.92 Å². The maximum Gasteiger partial charge on any atom is 0.344 e. The van der Waals surface area contributed by atoms with Crippen molar-refractivity contribution in [3.63, 3.8) is 0 Å². The molecule has 0 N–H and O–H groups in total. The normalized spacial score (nSPS) is 10.9. The van der Waals surface area contributed by atoms with E-state index >= 15 is 0 Å². The molecule has 0 spiro atoms. The molecular formula is C16H10Cl2O2. The van der Waals surface area contributed by atoms with E-state index in [4.69, 9.17) is 27.6 Å². The summed E-state index contributed by atoms with van der Waals surface area (Å²) in [6, 6.07) is 12.3. The lowest BCUT2D eigenvalue weighted by Crippen LogP contribution is -2.05. The van der Waals surface area contributed by atoms with Crippen molar-refractivity contribution in [1.29, 1.82) is 0 Å². The number of benzene rings is 2. The molecule has 1 heterocycles. The molecular weight excluding hydrogens is 295 g/mol. The van der Waals surface area contributed by atoms with Gasteiger partial charge in [-0.15, -0.1) is 0 Å². The van der Waals surface area contributed by atoms with Crippen molar-refractivity contribution >= 4 is 34.2 Å². The van der Waals surface area contributed by atoms with Crippen LogP contribution in [0.1, 0.15) is 5.56 Å². The molecule has 2 nitrogen and oxygen atoms in total. The van der Waals surface area contributed by atoms with Gasteiger partial charge in [0.05, 0.1) is 5.56 Å². The zero-order valence-electron chi connectivity index (χ0n) is 10.6. The van der Waals surface area contributed by atoms with Crippen molar-refractivity contribution in [2.45, 2.75) is 6.92 Å². The molecule has 3 rings (SSSR count). The first-order valence-corrected chi connectivity index (χ1v) is 6.81. The summed E-state index contributed by atoms with van der Waals surface area (Å²) in [5, 5.41) is 2.01. The molecule has 0 aliphatic carbocycles. The van der Waals surface area contributed by atoms with Gasteiger partial charge in [-0.3, -0.25) is 0 Å². The van der Waals surface area contributed by atoms with Crippen LogP contribution in [0.3, 0.4) is 0 Å². The fourth-order valence-electron chi connectivity index (χ4n) is 2.30. The molecule has 0 amide bonds. The lowest BCUT2D eigenvalue weighted by Gasteiger charge is -2.08. The molecule has 0 saturated carbocycles. The highest BCUT2D eigenvalue weighted by atomic mass is 35.5. The Morgan fingerprint density at radius 2 is 1.75 bits per heavy atom. The second-order valence-corrected chi connectivity index (χ2v) is 5.41. The lowest BCUT2D eigenvalue weighted by atomic mass is 10.00. The van der Waals surface area contributed by atoms with Gasteiger partial charge in [-0.25, -0.2) is 4.79 Å². The molecule has 0 unspecified atom stereocenters. The largest absolute Gasteiger partial charge is 0.422 e. The third-order valence-corrected chi connectivity index (χ3v) is 3.71. The Morgan fingerprint density at radius 3 is 2.50 bits per heavy atom. The van der Waals surface area contributed by atoms with Crippen LogP contribution in [0.4, 0.5) is 0 Å². The van der Waals surface area contributed by atoms with E-state index in [0.717, 1.165) is 16.5 Å². The number of halogens is 2. The van der Waals surface area contributed by atoms with E-state index in [1.165, 1.54) is 0 Å². The van der Waals surface area contributed by atoms with Crippen molar-refractivity contribution in [2.24, 2.45) is 0 Å². The number of hydrogen-bond donors (Lipinski definition) is 0. The van der Waals surface area contributed by atoms with Crippen molar-refractivity contribution in [2.75, 3.05) is 0 Å². The number of aryl methyl sites for hydroxylation is 1. The summed E-state index contributed by atoms with van der Waals surface area (Å²) in [6.45, 7) is 1.88. The SMILES string of the molecule is Cc1c(-c2cccc(Cl)c2)c(=O)oc2ccc(Cl)cc12. The van der Waals surface area contributed by atoms with Crippen molar-refractivity contribution in [1.82, 2.24) is 0 Å². The predicted molar refractivity (Wildman–Crippen MR) is 82.7 cm³/mol. The van der Waals surface area contributed by atoms with Gasteiger partial charge in [0.15, 0.2) is 0 Å². The quantitative estimate of drug-likeness (QED) is 0.587. The molecule has 20 heavy (non-hydrogen) atoms. The van der Waals surface area contributed by atoms with Gasteiger partial charge in [0.2, 0.25) is 0 Å². The first kappa shape index (κ1) is 13.2. The molecule has 0 bridgehead atoms. The van der Waals surface area contributed by atoms with E-state index in [9.17, 15) is 4.79 Å². The highest BCUT2D eigenvalue weighted by molar-refractivity contribution is 6.31. The Bertz CT molecular complexity index is 866. The van der Waals surface area contributed by atoms with E-state index in [1.807, 2.05) is 13.0 Å².